The summed E-state index contributed by atoms with van der Waals surface area (Å²) in [6.45, 7) is 5.38. The summed E-state index contributed by atoms with van der Waals surface area (Å²) in [6, 6.07) is 0.751. The number of carbonyl (C=O) groups is 1. The Bertz CT molecular complexity index is 199. The van der Waals surface area contributed by atoms with Crippen molar-refractivity contribution in [3.8, 4) is 0 Å². The van der Waals surface area contributed by atoms with E-state index < -0.39 is 5.97 Å². The quantitative estimate of drug-likeness (QED) is 0.778. The van der Waals surface area contributed by atoms with E-state index in [1.807, 2.05) is 11.8 Å². The normalized spacial score (nSPS) is 26.0. The highest BCUT2D eigenvalue weighted by Gasteiger charge is 2.27. The van der Waals surface area contributed by atoms with Crippen molar-refractivity contribution in [3.63, 3.8) is 0 Å². The summed E-state index contributed by atoms with van der Waals surface area (Å²) in [4.78, 5) is 13.0. The number of hydrogen-bond donors (Lipinski definition) is 1. The van der Waals surface area contributed by atoms with E-state index in [4.69, 9.17) is 5.11 Å². The van der Waals surface area contributed by atoms with Crippen LogP contribution in [-0.4, -0.2) is 46.1 Å². The third-order valence-electron chi connectivity index (χ3n) is 2.84. The highest BCUT2D eigenvalue weighted by atomic mass is 32.2. The van der Waals surface area contributed by atoms with Crippen LogP contribution in [0.5, 0.6) is 0 Å². The van der Waals surface area contributed by atoms with Gasteiger partial charge in [0.2, 0.25) is 0 Å². The Balaban J connectivity index is 2.54. The molecule has 0 saturated carbocycles. The van der Waals surface area contributed by atoms with E-state index in [2.05, 4.69) is 18.7 Å². The Kier molecular flexibility index (Phi) is 4.75. The number of rotatable bonds is 4. The molecule has 4 heteroatoms. The number of hydrogen-bond acceptors (Lipinski definition) is 3. The SMILES string of the molecule is CCC(C)N1CCSCC1CC(=O)O. The number of nitrogens with zero attached hydrogens (tertiary/aromatic N) is 1. The van der Waals surface area contributed by atoms with Gasteiger partial charge in [-0.3, -0.25) is 9.69 Å². The lowest BCUT2D eigenvalue weighted by molar-refractivity contribution is -0.138. The zero-order valence-electron chi connectivity index (χ0n) is 8.90. The van der Waals surface area contributed by atoms with Crippen molar-refractivity contribution in [3.05, 3.63) is 0 Å². The first kappa shape index (κ1) is 11.9. The molecule has 2 atom stereocenters. The first-order valence-corrected chi connectivity index (χ1v) is 6.36. The molecular weight excluding hydrogens is 198 g/mol. The van der Waals surface area contributed by atoms with Crippen molar-refractivity contribution >= 4 is 17.7 Å². The maximum atomic E-state index is 10.7. The van der Waals surface area contributed by atoms with Gasteiger partial charge in [0.25, 0.3) is 0 Å². The first-order valence-electron chi connectivity index (χ1n) is 5.20. The second-order valence-corrected chi connectivity index (χ2v) is 4.97. The summed E-state index contributed by atoms with van der Waals surface area (Å²) < 4.78 is 0. The van der Waals surface area contributed by atoms with Crippen molar-refractivity contribution in [1.29, 1.82) is 0 Å². The Morgan fingerprint density at radius 2 is 2.43 bits per heavy atom. The predicted molar refractivity (Wildman–Crippen MR) is 59.8 cm³/mol. The second kappa shape index (κ2) is 5.61. The molecule has 0 aromatic rings. The minimum Gasteiger partial charge on any atom is -0.481 e. The third kappa shape index (κ3) is 3.17. The highest BCUT2D eigenvalue weighted by Crippen LogP contribution is 2.22. The summed E-state index contributed by atoms with van der Waals surface area (Å²) in [6.07, 6.45) is 1.39. The molecule has 0 bridgehead atoms. The third-order valence-corrected chi connectivity index (χ3v) is 3.93. The Morgan fingerprint density at radius 3 is 3.00 bits per heavy atom. The van der Waals surface area contributed by atoms with Gasteiger partial charge in [0.05, 0.1) is 6.42 Å². The minimum absolute atomic E-state index is 0.237. The molecule has 0 aromatic carbocycles. The van der Waals surface area contributed by atoms with Crippen LogP contribution in [0.1, 0.15) is 26.7 Å². The van der Waals surface area contributed by atoms with E-state index in [0.717, 1.165) is 24.5 Å². The van der Waals surface area contributed by atoms with Gasteiger partial charge in [0, 0.05) is 30.1 Å². The summed E-state index contributed by atoms with van der Waals surface area (Å²) in [5.41, 5.74) is 0. The van der Waals surface area contributed by atoms with Crippen molar-refractivity contribution in [2.24, 2.45) is 0 Å². The fourth-order valence-electron chi connectivity index (χ4n) is 1.86. The van der Waals surface area contributed by atoms with Crippen LogP contribution in [0.15, 0.2) is 0 Å². The molecule has 1 fully saturated rings. The molecule has 0 radical (unpaired) electrons. The summed E-state index contributed by atoms with van der Waals surface area (Å²) in [7, 11) is 0. The van der Waals surface area contributed by atoms with Gasteiger partial charge in [-0.1, -0.05) is 6.92 Å². The Hall–Kier alpha value is -0.220. The Labute approximate surface area is 89.9 Å². The van der Waals surface area contributed by atoms with Gasteiger partial charge in [-0.15, -0.1) is 0 Å². The van der Waals surface area contributed by atoms with Crippen molar-refractivity contribution in [2.45, 2.75) is 38.8 Å². The fraction of sp³-hybridized carbons (Fsp3) is 0.900. The summed E-state index contributed by atoms with van der Waals surface area (Å²) in [5, 5.41) is 8.80. The van der Waals surface area contributed by atoms with Gasteiger partial charge in [-0.25, -0.2) is 0 Å². The van der Waals surface area contributed by atoms with Crippen LogP contribution in [0.2, 0.25) is 0 Å². The molecule has 1 saturated heterocycles. The minimum atomic E-state index is -0.675. The zero-order chi connectivity index (χ0) is 10.6. The second-order valence-electron chi connectivity index (χ2n) is 3.82. The molecule has 1 N–H and O–H groups in total. The van der Waals surface area contributed by atoms with E-state index in [9.17, 15) is 4.79 Å². The van der Waals surface area contributed by atoms with Crippen molar-refractivity contribution < 1.29 is 9.90 Å². The molecule has 3 nitrogen and oxygen atoms in total. The predicted octanol–water partition coefficient (Wildman–Crippen LogP) is 1.68. The van der Waals surface area contributed by atoms with Crippen molar-refractivity contribution in [1.82, 2.24) is 4.90 Å². The van der Waals surface area contributed by atoms with Crippen molar-refractivity contribution in [2.75, 3.05) is 18.1 Å². The maximum absolute atomic E-state index is 10.7. The van der Waals surface area contributed by atoms with Gasteiger partial charge in [-0.2, -0.15) is 11.8 Å². The van der Waals surface area contributed by atoms with Gasteiger partial charge in [0.1, 0.15) is 0 Å². The monoisotopic (exact) mass is 217 g/mol. The van der Waals surface area contributed by atoms with E-state index >= 15 is 0 Å². The molecule has 0 aliphatic carbocycles. The van der Waals surface area contributed by atoms with Crippen LogP contribution < -0.4 is 0 Å². The molecule has 0 amide bonds. The molecular formula is C10H19NO2S. The summed E-state index contributed by atoms with van der Waals surface area (Å²) >= 11 is 1.87. The molecule has 82 valence electrons. The number of aliphatic carboxylic acids is 1. The first-order chi connectivity index (χ1) is 6.65. The molecule has 0 spiro atoms. The van der Waals surface area contributed by atoms with Crippen LogP contribution in [0.3, 0.4) is 0 Å². The smallest absolute Gasteiger partial charge is 0.304 e. The van der Waals surface area contributed by atoms with Crippen LogP contribution in [0.25, 0.3) is 0 Å². The van der Waals surface area contributed by atoms with Crippen LogP contribution >= 0.6 is 11.8 Å². The summed E-state index contributed by atoms with van der Waals surface area (Å²) in [5.74, 6) is 1.43. The Morgan fingerprint density at radius 1 is 1.71 bits per heavy atom. The average Bonchev–Trinajstić information content (AvgIpc) is 2.16. The highest BCUT2D eigenvalue weighted by molar-refractivity contribution is 7.99. The fourth-order valence-corrected chi connectivity index (χ4v) is 2.95. The maximum Gasteiger partial charge on any atom is 0.304 e. The lowest BCUT2D eigenvalue weighted by Gasteiger charge is -2.38. The zero-order valence-corrected chi connectivity index (χ0v) is 9.72. The topological polar surface area (TPSA) is 40.5 Å². The van der Waals surface area contributed by atoms with Crippen LogP contribution in [0.4, 0.5) is 0 Å². The van der Waals surface area contributed by atoms with E-state index in [0.29, 0.717) is 6.04 Å². The van der Waals surface area contributed by atoms with E-state index in [1.165, 1.54) is 0 Å². The largest absolute Gasteiger partial charge is 0.481 e. The number of thioether (sulfide) groups is 1. The molecule has 0 aromatic heterocycles. The van der Waals surface area contributed by atoms with E-state index in [-0.39, 0.29) is 12.5 Å². The molecule has 14 heavy (non-hydrogen) atoms. The number of carboxylic acids is 1. The van der Waals surface area contributed by atoms with Gasteiger partial charge >= 0.3 is 5.97 Å². The standard InChI is InChI=1S/C10H19NO2S/c1-3-8(2)11-4-5-14-7-9(11)6-10(12)13/h8-9H,3-7H2,1-2H3,(H,12,13). The molecule has 1 heterocycles. The lowest BCUT2D eigenvalue weighted by Crippen LogP contribution is -2.48. The van der Waals surface area contributed by atoms with Crippen LogP contribution in [0, 0.1) is 0 Å². The molecule has 2 unspecified atom stereocenters. The molecule has 1 aliphatic heterocycles. The number of carboxylic acid groups (broad SMARTS) is 1. The van der Waals surface area contributed by atoms with Gasteiger partial charge in [-0.05, 0) is 13.3 Å². The van der Waals surface area contributed by atoms with Gasteiger partial charge in [0.15, 0.2) is 0 Å². The van der Waals surface area contributed by atoms with E-state index in [1.54, 1.807) is 0 Å². The van der Waals surface area contributed by atoms with Gasteiger partial charge < -0.3 is 5.11 Å². The lowest BCUT2D eigenvalue weighted by atomic mass is 10.1. The average molecular weight is 217 g/mol. The molecule has 1 aliphatic rings. The van der Waals surface area contributed by atoms with Crippen LogP contribution in [-0.2, 0) is 4.79 Å². The molecule has 1 rings (SSSR count).